The predicted molar refractivity (Wildman–Crippen MR) is 71.6 cm³/mol. The summed E-state index contributed by atoms with van der Waals surface area (Å²) in [7, 11) is 0. The first kappa shape index (κ1) is 13.7. The van der Waals surface area contributed by atoms with Gasteiger partial charge in [-0.2, -0.15) is 11.8 Å². The first-order valence-electron chi connectivity index (χ1n) is 6.69. The Morgan fingerprint density at radius 1 is 1.39 bits per heavy atom. The molecular formula is C13H21NO3S. The van der Waals surface area contributed by atoms with Crippen LogP contribution in [0.2, 0.25) is 0 Å². The molecule has 2 heterocycles. The number of rotatable bonds is 3. The molecule has 5 heteroatoms. The van der Waals surface area contributed by atoms with Gasteiger partial charge in [0.2, 0.25) is 5.91 Å². The number of carboxylic acids is 1. The Balaban J connectivity index is 1.93. The number of aliphatic carboxylic acids is 1. The van der Waals surface area contributed by atoms with Gasteiger partial charge in [-0.3, -0.25) is 9.59 Å². The highest BCUT2D eigenvalue weighted by Crippen LogP contribution is 2.36. The fourth-order valence-corrected chi connectivity index (χ4v) is 4.07. The van der Waals surface area contributed by atoms with Crippen LogP contribution in [-0.2, 0) is 9.59 Å². The van der Waals surface area contributed by atoms with Crippen molar-refractivity contribution in [1.29, 1.82) is 0 Å². The number of hydrogen-bond donors (Lipinski definition) is 1. The number of amides is 1. The van der Waals surface area contributed by atoms with Gasteiger partial charge in [0.1, 0.15) is 0 Å². The van der Waals surface area contributed by atoms with Crippen LogP contribution in [0.4, 0.5) is 0 Å². The van der Waals surface area contributed by atoms with Crippen molar-refractivity contribution in [3.63, 3.8) is 0 Å². The van der Waals surface area contributed by atoms with Crippen LogP contribution in [0.25, 0.3) is 0 Å². The molecule has 1 N–H and O–H groups in total. The van der Waals surface area contributed by atoms with Gasteiger partial charge in [-0.1, -0.05) is 6.92 Å². The van der Waals surface area contributed by atoms with E-state index < -0.39 is 11.4 Å². The van der Waals surface area contributed by atoms with E-state index in [1.807, 2.05) is 23.6 Å². The van der Waals surface area contributed by atoms with Gasteiger partial charge >= 0.3 is 5.97 Å². The van der Waals surface area contributed by atoms with Crippen molar-refractivity contribution in [2.75, 3.05) is 24.6 Å². The Morgan fingerprint density at radius 3 is 2.50 bits per heavy atom. The third kappa shape index (κ3) is 2.51. The first-order valence-corrected chi connectivity index (χ1v) is 7.84. The fraction of sp³-hybridized carbons (Fsp3) is 0.846. The quantitative estimate of drug-likeness (QED) is 0.851. The normalized spacial score (nSPS) is 27.2. The molecule has 2 fully saturated rings. The highest BCUT2D eigenvalue weighted by Gasteiger charge is 2.41. The van der Waals surface area contributed by atoms with Gasteiger partial charge in [0.15, 0.2) is 0 Å². The van der Waals surface area contributed by atoms with E-state index in [0.717, 1.165) is 17.9 Å². The zero-order chi connectivity index (χ0) is 13.2. The minimum atomic E-state index is -0.700. The largest absolute Gasteiger partial charge is 0.481 e. The molecule has 4 nitrogen and oxygen atoms in total. The second-order valence-electron chi connectivity index (χ2n) is 5.32. The maximum atomic E-state index is 12.2. The molecule has 0 aromatic rings. The lowest BCUT2D eigenvalue weighted by atomic mass is 9.76. The van der Waals surface area contributed by atoms with Crippen LogP contribution in [-0.4, -0.2) is 46.5 Å². The lowest BCUT2D eigenvalue weighted by Gasteiger charge is -2.39. The second-order valence-corrected chi connectivity index (χ2v) is 6.47. The van der Waals surface area contributed by atoms with E-state index in [1.54, 1.807) is 0 Å². The average Bonchev–Trinajstić information content (AvgIpc) is 2.91. The molecule has 0 radical (unpaired) electrons. The van der Waals surface area contributed by atoms with E-state index in [2.05, 4.69) is 0 Å². The van der Waals surface area contributed by atoms with E-state index in [4.69, 9.17) is 0 Å². The molecule has 0 aromatic heterocycles. The van der Waals surface area contributed by atoms with Crippen molar-refractivity contribution in [2.45, 2.75) is 32.6 Å². The van der Waals surface area contributed by atoms with Crippen molar-refractivity contribution in [3.8, 4) is 0 Å². The first-order chi connectivity index (χ1) is 8.59. The van der Waals surface area contributed by atoms with Crippen LogP contribution in [0, 0.1) is 11.3 Å². The Morgan fingerprint density at radius 2 is 2.06 bits per heavy atom. The lowest BCUT2D eigenvalue weighted by molar-refractivity contribution is -0.155. The number of thioether (sulfide) groups is 1. The molecule has 2 aliphatic rings. The molecule has 0 aromatic carbocycles. The van der Waals surface area contributed by atoms with E-state index in [9.17, 15) is 14.7 Å². The molecule has 0 saturated carbocycles. The van der Waals surface area contributed by atoms with Crippen LogP contribution in [0.1, 0.15) is 32.6 Å². The second kappa shape index (κ2) is 5.51. The van der Waals surface area contributed by atoms with Crippen molar-refractivity contribution >= 4 is 23.6 Å². The molecule has 1 unspecified atom stereocenters. The standard InChI is InChI=1S/C13H21NO3S/c1-2-13(12(16)17)4-6-14(7-5-13)11(15)10-3-8-18-9-10/h10H,2-9H2,1H3,(H,16,17). The number of carboxylic acid groups (broad SMARTS) is 1. The number of nitrogens with zero attached hydrogens (tertiary/aromatic N) is 1. The van der Waals surface area contributed by atoms with Crippen molar-refractivity contribution in [2.24, 2.45) is 11.3 Å². The van der Waals surface area contributed by atoms with Gasteiger partial charge in [-0.15, -0.1) is 0 Å². The van der Waals surface area contributed by atoms with Crippen LogP contribution in [0.3, 0.4) is 0 Å². The van der Waals surface area contributed by atoms with E-state index in [-0.39, 0.29) is 11.8 Å². The summed E-state index contributed by atoms with van der Waals surface area (Å²) in [5.41, 5.74) is -0.596. The van der Waals surface area contributed by atoms with Gasteiger partial charge < -0.3 is 10.0 Å². The average molecular weight is 271 g/mol. The van der Waals surface area contributed by atoms with Gasteiger partial charge in [-0.05, 0) is 31.4 Å². The highest BCUT2D eigenvalue weighted by atomic mass is 32.2. The minimum Gasteiger partial charge on any atom is -0.481 e. The van der Waals surface area contributed by atoms with Gasteiger partial charge in [0.05, 0.1) is 5.41 Å². The molecule has 0 bridgehead atoms. The maximum Gasteiger partial charge on any atom is 0.309 e. The van der Waals surface area contributed by atoms with Gasteiger partial charge in [0.25, 0.3) is 0 Å². The summed E-state index contributed by atoms with van der Waals surface area (Å²) in [6.45, 7) is 3.15. The Hall–Kier alpha value is -0.710. The third-order valence-corrected chi connectivity index (χ3v) is 5.60. The van der Waals surface area contributed by atoms with Gasteiger partial charge in [0, 0.05) is 24.8 Å². The molecule has 102 valence electrons. The van der Waals surface area contributed by atoms with Crippen LogP contribution in [0.5, 0.6) is 0 Å². The summed E-state index contributed by atoms with van der Waals surface area (Å²) < 4.78 is 0. The number of piperidine rings is 1. The molecule has 0 spiro atoms. The zero-order valence-corrected chi connectivity index (χ0v) is 11.7. The molecular weight excluding hydrogens is 250 g/mol. The molecule has 18 heavy (non-hydrogen) atoms. The van der Waals surface area contributed by atoms with Crippen LogP contribution >= 0.6 is 11.8 Å². The van der Waals surface area contributed by atoms with Crippen LogP contribution < -0.4 is 0 Å². The summed E-state index contributed by atoms with van der Waals surface area (Å²) in [5.74, 6) is 1.74. The monoisotopic (exact) mass is 271 g/mol. The SMILES string of the molecule is CCC1(C(=O)O)CCN(C(=O)C2CCSC2)CC1. The van der Waals surface area contributed by atoms with Crippen LogP contribution in [0.15, 0.2) is 0 Å². The Labute approximate surface area is 112 Å². The Kier molecular flexibility index (Phi) is 4.20. The van der Waals surface area contributed by atoms with Crippen molar-refractivity contribution < 1.29 is 14.7 Å². The third-order valence-electron chi connectivity index (χ3n) is 4.44. The summed E-state index contributed by atoms with van der Waals surface area (Å²) in [6, 6.07) is 0. The maximum absolute atomic E-state index is 12.2. The summed E-state index contributed by atoms with van der Waals surface area (Å²) in [4.78, 5) is 25.5. The topological polar surface area (TPSA) is 57.6 Å². The Bertz CT molecular complexity index is 331. The molecule has 1 atom stereocenters. The number of carbonyl (C=O) groups excluding carboxylic acids is 1. The van der Waals surface area contributed by atoms with E-state index in [1.165, 1.54) is 0 Å². The molecule has 2 aliphatic heterocycles. The smallest absolute Gasteiger partial charge is 0.309 e. The molecule has 0 aliphatic carbocycles. The number of carbonyl (C=O) groups is 2. The summed E-state index contributed by atoms with van der Waals surface area (Å²) in [6.07, 6.45) is 2.84. The van der Waals surface area contributed by atoms with E-state index >= 15 is 0 Å². The molecule has 2 saturated heterocycles. The van der Waals surface area contributed by atoms with Gasteiger partial charge in [-0.25, -0.2) is 0 Å². The highest BCUT2D eigenvalue weighted by molar-refractivity contribution is 7.99. The minimum absolute atomic E-state index is 0.175. The molecule has 2 rings (SSSR count). The molecule has 1 amide bonds. The lowest BCUT2D eigenvalue weighted by Crippen LogP contribution is -2.48. The zero-order valence-electron chi connectivity index (χ0n) is 10.9. The predicted octanol–water partition coefficient (Wildman–Crippen LogP) is 1.84. The fourth-order valence-electron chi connectivity index (χ4n) is 2.86. The van der Waals surface area contributed by atoms with E-state index in [0.29, 0.717) is 32.4 Å². The number of likely N-dealkylation sites (tertiary alicyclic amines) is 1. The summed E-state index contributed by atoms with van der Waals surface area (Å²) in [5, 5.41) is 9.32. The van der Waals surface area contributed by atoms with Crippen molar-refractivity contribution in [1.82, 2.24) is 4.90 Å². The summed E-state index contributed by atoms with van der Waals surface area (Å²) >= 11 is 1.84. The van der Waals surface area contributed by atoms with Crippen molar-refractivity contribution in [3.05, 3.63) is 0 Å². The number of hydrogen-bond acceptors (Lipinski definition) is 3.